The van der Waals surface area contributed by atoms with Crippen LogP contribution in [0.25, 0.3) is 0 Å². The molecule has 1 aromatic carbocycles. The Morgan fingerprint density at radius 2 is 1.92 bits per heavy atom. The summed E-state index contributed by atoms with van der Waals surface area (Å²) < 4.78 is 11.0. The number of aliphatic carboxylic acids is 1. The Bertz CT molecular complexity index is 612. The third kappa shape index (κ3) is 5.82. The molecule has 1 aliphatic rings. The molecule has 0 spiro atoms. The molecule has 1 aliphatic carbocycles. The molecule has 26 heavy (non-hydrogen) atoms. The van der Waals surface area contributed by atoms with Crippen molar-refractivity contribution in [2.75, 3.05) is 13.7 Å². The van der Waals surface area contributed by atoms with Crippen LogP contribution in [-0.4, -0.2) is 36.9 Å². The van der Waals surface area contributed by atoms with Gasteiger partial charge in [0.15, 0.2) is 11.5 Å². The summed E-state index contributed by atoms with van der Waals surface area (Å²) in [6, 6.07) is 5.38. The van der Waals surface area contributed by atoms with Gasteiger partial charge in [0.2, 0.25) is 0 Å². The Morgan fingerprint density at radius 1 is 1.19 bits per heavy atom. The zero-order chi connectivity index (χ0) is 18.9. The van der Waals surface area contributed by atoms with Crippen LogP contribution < -0.4 is 20.1 Å². The number of benzene rings is 1. The lowest BCUT2D eigenvalue weighted by Crippen LogP contribution is -2.43. The molecule has 1 saturated carbocycles. The van der Waals surface area contributed by atoms with Crippen LogP contribution in [0.15, 0.2) is 18.2 Å². The molecule has 0 atom stereocenters. The van der Waals surface area contributed by atoms with E-state index in [4.69, 9.17) is 14.6 Å². The Labute approximate surface area is 154 Å². The number of hydrogen-bond acceptors (Lipinski definition) is 4. The maximum atomic E-state index is 12.1. The highest BCUT2D eigenvalue weighted by Crippen LogP contribution is 2.28. The van der Waals surface area contributed by atoms with Gasteiger partial charge in [0.05, 0.1) is 19.6 Å². The summed E-state index contributed by atoms with van der Waals surface area (Å²) in [6.07, 6.45) is 3.53. The fourth-order valence-electron chi connectivity index (χ4n) is 3.06. The fourth-order valence-corrected chi connectivity index (χ4v) is 3.06. The number of rotatable bonds is 8. The fraction of sp³-hybridized carbons (Fsp3) is 0.579. The first kappa shape index (κ1) is 19.9. The molecule has 0 radical (unpaired) electrons. The van der Waals surface area contributed by atoms with E-state index in [9.17, 15) is 9.59 Å². The van der Waals surface area contributed by atoms with Crippen molar-refractivity contribution in [2.24, 2.45) is 5.92 Å². The average molecular weight is 364 g/mol. The second kappa shape index (κ2) is 9.89. The summed E-state index contributed by atoms with van der Waals surface area (Å²) in [5.41, 5.74) is 0.912. The van der Waals surface area contributed by atoms with Gasteiger partial charge in [-0.1, -0.05) is 13.0 Å². The lowest BCUT2D eigenvalue weighted by molar-refractivity contribution is -0.142. The maximum absolute atomic E-state index is 12.1. The van der Waals surface area contributed by atoms with Crippen LogP contribution in [0.1, 0.15) is 44.6 Å². The van der Waals surface area contributed by atoms with E-state index in [1.165, 1.54) is 0 Å². The predicted molar refractivity (Wildman–Crippen MR) is 97.5 cm³/mol. The number of ether oxygens (including phenoxy) is 2. The molecule has 7 heteroatoms. The SMILES string of the molecule is CCCOc1ccc(CNC(=O)NC2CCC(C(=O)O)CC2)cc1OC. The first-order valence-corrected chi connectivity index (χ1v) is 9.10. The average Bonchev–Trinajstić information content (AvgIpc) is 2.65. The zero-order valence-corrected chi connectivity index (χ0v) is 15.4. The monoisotopic (exact) mass is 364 g/mol. The number of amides is 2. The maximum Gasteiger partial charge on any atom is 0.315 e. The van der Waals surface area contributed by atoms with Gasteiger partial charge in [0.25, 0.3) is 0 Å². The first-order chi connectivity index (χ1) is 12.5. The van der Waals surface area contributed by atoms with Crippen LogP contribution in [0, 0.1) is 5.92 Å². The standard InChI is InChI=1S/C19H28N2O5/c1-3-10-26-16-9-4-13(11-17(16)25-2)12-20-19(24)21-15-7-5-14(6-8-15)18(22)23/h4,9,11,14-15H,3,5-8,10,12H2,1-2H3,(H,22,23)(H2,20,21,24). The molecule has 3 N–H and O–H groups in total. The van der Waals surface area contributed by atoms with Gasteiger partial charge in [-0.3, -0.25) is 4.79 Å². The highest BCUT2D eigenvalue weighted by Gasteiger charge is 2.26. The lowest BCUT2D eigenvalue weighted by atomic mass is 9.86. The number of methoxy groups -OCH3 is 1. The smallest absolute Gasteiger partial charge is 0.315 e. The minimum Gasteiger partial charge on any atom is -0.493 e. The minimum atomic E-state index is -0.742. The van der Waals surface area contributed by atoms with Gasteiger partial charge in [0.1, 0.15) is 0 Å². The third-order valence-corrected chi connectivity index (χ3v) is 4.55. The predicted octanol–water partition coefficient (Wildman–Crippen LogP) is 2.93. The van der Waals surface area contributed by atoms with Gasteiger partial charge in [0, 0.05) is 12.6 Å². The Hall–Kier alpha value is -2.44. The molecule has 1 aromatic rings. The van der Waals surface area contributed by atoms with Crippen LogP contribution in [0.5, 0.6) is 11.5 Å². The molecular formula is C19H28N2O5. The van der Waals surface area contributed by atoms with Gasteiger partial charge >= 0.3 is 12.0 Å². The third-order valence-electron chi connectivity index (χ3n) is 4.55. The van der Waals surface area contributed by atoms with Crippen molar-refractivity contribution in [3.05, 3.63) is 23.8 Å². The molecule has 0 heterocycles. The summed E-state index contributed by atoms with van der Waals surface area (Å²) >= 11 is 0. The molecule has 2 rings (SSSR count). The lowest BCUT2D eigenvalue weighted by Gasteiger charge is -2.26. The largest absolute Gasteiger partial charge is 0.493 e. The van der Waals surface area contributed by atoms with E-state index in [0.717, 1.165) is 12.0 Å². The summed E-state index contributed by atoms with van der Waals surface area (Å²) in [5.74, 6) is 0.313. The number of carbonyl (C=O) groups is 2. The molecule has 0 bridgehead atoms. The van der Waals surface area contributed by atoms with Gasteiger partial charge < -0.3 is 25.2 Å². The molecular weight excluding hydrogens is 336 g/mol. The van der Waals surface area contributed by atoms with Crippen molar-refractivity contribution in [1.82, 2.24) is 10.6 Å². The van der Waals surface area contributed by atoms with Crippen molar-refractivity contribution in [3.63, 3.8) is 0 Å². The first-order valence-electron chi connectivity index (χ1n) is 9.10. The van der Waals surface area contributed by atoms with Crippen molar-refractivity contribution in [3.8, 4) is 11.5 Å². The van der Waals surface area contributed by atoms with E-state index < -0.39 is 5.97 Å². The number of nitrogens with one attached hydrogen (secondary N) is 2. The number of carbonyl (C=O) groups excluding carboxylic acids is 1. The van der Waals surface area contributed by atoms with Crippen LogP contribution in [0.4, 0.5) is 4.79 Å². The second-order valence-corrected chi connectivity index (χ2v) is 6.55. The molecule has 0 saturated heterocycles. The number of carboxylic acid groups (broad SMARTS) is 1. The summed E-state index contributed by atoms with van der Waals surface area (Å²) in [7, 11) is 1.59. The topological polar surface area (TPSA) is 96.9 Å². The van der Waals surface area contributed by atoms with E-state index >= 15 is 0 Å². The summed E-state index contributed by atoms with van der Waals surface area (Å²) in [4.78, 5) is 23.0. The van der Waals surface area contributed by atoms with E-state index in [1.807, 2.05) is 25.1 Å². The van der Waals surface area contributed by atoms with Crippen molar-refractivity contribution >= 4 is 12.0 Å². The summed E-state index contributed by atoms with van der Waals surface area (Å²) in [5, 5.41) is 14.8. The van der Waals surface area contributed by atoms with Gasteiger partial charge in [-0.05, 0) is 49.8 Å². The molecule has 0 aliphatic heterocycles. The van der Waals surface area contributed by atoms with E-state index in [2.05, 4.69) is 10.6 Å². The van der Waals surface area contributed by atoms with Crippen LogP contribution >= 0.6 is 0 Å². The van der Waals surface area contributed by atoms with Gasteiger partial charge in [-0.2, -0.15) is 0 Å². The number of urea groups is 1. The Balaban J connectivity index is 1.79. The molecule has 0 unspecified atom stereocenters. The quantitative estimate of drug-likeness (QED) is 0.659. The number of carboxylic acids is 1. The number of hydrogen-bond donors (Lipinski definition) is 3. The van der Waals surface area contributed by atoms with Crippen LogP contribution in [0.2, 0.25) is 0 Å². The van der Waals surface area contributed by atoms with Gasteiger partial charge in [-0.15, -0.1) is 0 Å². The molecule has 1 fully saturated rings. The Morgan fingerprint density at radius 3 is 2.54 bits per heavy atom. The molecule has 2 amide bonds. The minimum absolute atomic E-state index is 0.0324. The zero-order valence-electron chi connectivity index (χ0n) is 15.4. The van der Waals surface area contributed by atoms with E-state index in [1.54, 1.807) is 7.11 Å². The molecule has 7 nitrogen and oxygen atoms in total. The van der Waals surface area contributed by atoms with E-state index in [-0.39, 0.29) is 18.0 Å². The van der Waals surface area contributed by atoms with Crippen molar-refractivity contribution in [2.45, 2.75) is 51.6 Å². The van der Waals surface area contributed by atoms with Crippen LogP contribution in [0.3, 0.4) is 0 Å². The molecule has 0 aromatic heterocycles. The van der Waals surface area contributed by atoms with Crippen LogP contribution in [-0.2, 0) is 11.3 Å². The molecule has 144 valence electrons. The normalized spacial score (nSPS) is 19.5. The van der Waals surface area contributed by atoms with Crippen molar-refractivity contribution in [1.29, 1.82) is 0 Å². The Kier molecular flexibility index (Phi) is 7.56. The van der Waals surface area contributed by atoms with Crippen molar-refractivity contribution < 1.29 is 24.2 Å². The van der Waals surface area contributed by atoms with E-state index in [0.29, 0.717) is 50.3 Å². The highest BCUT2D eigenvalue weighted by atomic mass is 16.5. The summed E-state index contributed by atoms with van der Waals surface area (Å²) in [6.45, 7) is 3.04. The second-order valence-electron chi connectivity index (χ2n) is 6.55. The highest BCUT2D eigenvalue weighted by molar-refractivity contribution is 5.74. The van der Waals surface area contributed by atoms with Gasteiger partial charge in [-0.25, -0.2) is 4.79 Å².